The SMILES string of the molecule is CCC(C)CNc1cc(F)cc(F)c1[N+](=O)[O-]. The number of nitro benzene ring substituents is 1. The summed E-state index contributed by atoms with van der Waals surface area (Å²) in [5.74, 6) is -1.73. The summed E-state index contributed by atoms with van der Waals surface area (Å²) in [6, 6.07) is 1.44. The lowest BCUT2D eigenvalue weighted by atomic mass is 10.1. The van der Waals surface area contributed by atoms with E-state index >= 15 is 0 Å². The van der Waals surface area contributed by atoms with Crippen LogP contribution in [0.15, 0.2) is 12.1 Å². The molecule has 1 unspecified atom stereocenters. The van der Waals surface area contributed by atoms with E-state index in [1.54, 1.807) is 0 Å². The lowest BCUT2D eigenvalue weighted by Crippen LogP contribution is -2.12. The third kappa shape index (κ3) is 3.37. The Morgan fingerprint density at radius 3 is 2.65 bits per heavy atom. The lowest BCUT2D eigenvalue weighted by Gasteiger charge is -2.11. The van der Waals surface area contributed by atoms with Crippen LogP contribution in [0.25, 0.3) is 0 Å². The fourth-order valence-corrected chi connectivity index (χ4v) is 1.31. The van der Waals surface area contributed by atoms with Gasteiger partial charge in [0.2, 0.25) is 5.82 Å². The minimum atomic E-state index is -1.17. The smallest absolute Gasteiger partial charge is 0.327 e. The number of rotatable bonds is 5. The molecule has 0 aliphatic carbocycles. The molecular weight excluding hydrogens is 230 g/mol. The zero-order valence-electron chi connectivity index (χ0n) is 9.67. The quantitative estimate of drug-likeness (QED) is 0.638. The van der Waals surface area contributed by atoms with Gasteiger partial charge in [0.1, 0.15) is 11.5 Å². The summed E-state index contributed by atoms with van der Waals surface area (Å²) in [5.41, 5.74) is -0.831. The van der Waals surface area contributed by atoms with Gasteiger partial charge in [0.15, 0.2) is 0 Å². The first-order valence-electron chi connectivity index (χ1n) is 5.33. The number of halogens is 2. The van der Waals surface area contributed by atoms with Gasteiger partial charge in [0, 0.05) is 18.7 Å². The zero-order valence-corrected chi connectivity index (χ0v) is 9.67. The van der Waals surface area contributed by atoms with Gasteiger partial charge < -0.3 is 5.32 Å². The molecule has 94 valence electrons. The van der Waals surface area contributed by atoms with Crippen LogP contribution in [0.4, 0.5) is 20.2 Å². The Labute approximate surface area is 97.8 Å². The van der Waals surface area contributed by atoms with Gasteiger partial charge in [-0.15, -0.1) is 0 Å². The Hall–Kier alpha value is -1.72. The Morgan fingerprint density at radius 2 is 2.12 bits per heavy atom. The molecule has 1 N–H and O–H groups in total. The van der Waals surface area contributed by atoms with E-state index in [1.807, 2.05) is 13.8 Å². The highest BCUT2D eigenvalue weighted by Crippen LogP contribution is 2.28. The molecule has 0 aliphatic heterocycles. The minimum Gasteiger partial charge on any atom is -0.379 e. The molecule has 6 heteroatoms. The summed E-state index contributed by atoms with van der Waals surface area (Å²) in [5, 5.41) is 13.4. The second kappa shape index (κ2) is 5.56. The highest BCUT2D eigenvalue weighted by atomic mass is 19.1. The van der Waals surface area contributed by atoms with Gasteiger partial charge in [-0.1, -0.05) is 20.3 Å². The number of hydrogen-bond donors (Lipinski definition) is 1. The summed E-state index contributed by atoms with van der Waals surface area (Å²) in [6.45, 7) is 4.33. The van der Waals surface area contributed by atoms with Crippen molar-refractivity contribution < 1.29 is 13.7 Å². The molecule has 0 saturated heterocycles. The van der Waals surface area contributed by atoms with Gasteiger partial charge >= 0.3 is 5.69 Å². The van der Waals surface area contributed by atoms with Crippen LogP contribution in [-0.4, -0.2) is 11.5 Å². The van der Waals surface area contributed by atoms with Gasteiger partial charge in [-0.3, -0.25) is 10.1 Å². The molecular formula is C11H14F2N2O2. The average Bonchev–Trinajstić information content (AvgIpc) is 2.24. The molecule has 0 heterocycles. The maximum absolute atomic E-state index is 13.2. The van der Waals surface area contributed by atoms with Gasteiger partial charge in [0.05, 0.1) is 4.92 Å². The van der Waals surface area contributed by atoms with E-state index in [0.29, 0.717) is 12.6 Å². The number of anilines is 1. The normalized spacial score (nSPS) is 12.2. The Kier molecular flexibility index (Phi) is 4.37. The van der Waals surface area contributed by atoms with E-state index in [4.69, 9.17) is 0 Å². The first-order valence-corrected chi connectivity index (χ1v) is 5.33. The van der Waals surface area contributed by atoms with E-state index in [0.717, 1.165) is 12.5 Å². The van der Waals surface area contributed by atoms with Crippen molar-refractivity contribution in [1.82, 2.24) is 0 Å². The average molecular weight is 244 g/mol. The number of hydrogen-bond acceptors (Lipinski definition) is 3. The Morgan fingerprint density at radius 1 is 1.47 bits per heavy atom. The molecule has 17 heavy (non-hydrogen) atoms. The Balaban J connectivity index is 3.00. The molecule has 0 radical (unpaired) electrons. The van der Waals surface area contributed by atoms with E-state index in [9.17, 15) is 18.9 Å². The standard InChI is InChI=1S/C11H14F2N2O2/c1-3-7(2)6-14-10-5-8(12)4-9(13)11(10)15(16)17/h4-5,7,14H,3,6H2,1-2H3. The van der Waals surface area contributed by atoms with Crippen molar-refractivity contribution in [2.45, 2.75) is 20.3 Å². The second-order valence-corrected chi connectivity index (χ2v) is 3.94. The maximum atomic E-state index is 13.2. The summed E-state index contributed by atoms with van der Waals surface area (Å²) < 4.78 is 26.2. The number of nitrogens with zero attached hydrogens (tertiary/aromatic N) is 1. The fourth-order valence-electron chi connectivity index (χ4n) is 1.31. The monoisotopic (exact) mass is 244 g/mol. The predicted octanol–water partition coefficient (Wildman–Crippen LogP) is 3.33. The third-order valence-electron chi connectivity index (χ3n) is 2.55. The van der Waals surface area contributed by atoms with Crippen molar-refractivity contribution in [3.05, 3.63) is 33.9 Å². The molecule has 1 aromatic rings. The molecule has 0 aliphatic rings. The second-order valence-electron chi connectivity index (χ2n) is 3.94. The molecule has 4 nitrogen and oxygen atoms in total. The highest BCUT2D eigenvalue weighted by Gasteiger charge is 2.21. The molecule has 0 amide bonds. The lowest BCUT2D eigenvalue weighted by molar-refractivity contribution is -0.386. The number of nitro groups is 1. The first kappa shape index (κ1) is 13.3. The van der Waals surface area contributed by atoms with Gasteiger partial charge in [-0.05, 0) is 5.92 Å². The largest absolute Gasteiger partial charge is 0.379 e. The zero-order chi connectivity index (χ0) is 13.0. The van der Waals surface area contributed by atoms with Crippen molar-refractivity contribution in [1.29, 1.82) is 0 Å². The summed E-state index contributed by atoms with van der Waals surface area (Å²) in [4.78, 5) is 9.82. The van der Waals surface area contributed by atoms with Crippen LogP contribution in [0, 0.1) is 27.7 Å². The van der Waals surface area contributed by atoms with Gasteiger partial charge in [-0.25, -0.2) is 4.39 Å². The minimum absolute atomic E-state index is 0.118. The van der Waals surface area contributed by atoms with Gasteiger partial charge in [-0.2, -0.15) is 4.39 Å². The van der Waals surface area contributed by atoms with Crippen LogP contribution in [-0.2, 0) is 0 Å². The van der Waals surface area contributed by atoms with Crippen molar-refractivity contribution in [3.63, 3.8) is 0 Å². The maximum Gasteiger partial charge on any atom is 0.327 e. The topological polar surface area (TPSA) is 55.2 Å². The number of nitrogens with one attached hydrogen (secondary N) is 1. The molecule has 1 atom stereocenters. The molecule has 0 bridgehead atoms. The number of benzene rings is 1. The van der Waals surface area contributed by atoms with Crippen LogP contribution < -0.4 is 5.32 Å². The van der Waals surface area contributed by atoms with Crippen molar-refractivity contribution in [2.24, 2.45) is 5.92 Å². The molecule has 0 spiro atoms. The van der Waals surface area contributed by atoms with Crippen molar-refractivity contribution in [3.8, 4) is 0 Å². The van der Waals surface area contributed by atoms with Crippen LogP contribution in [0.1, 0.15) is 20.3 Å². The van der Waals surface area contributed by atoms with Crippen LogP contribution >= 0.6 is 0 Å². The summed E-state index contributed by atoms with van der Waals surface area (Å²) in [6.07, 6.45) is 0.874. The van der Waals surface area contributed by atoms with Crippen molar-refractivity contribution in [2.75, 3.05) is 11.9 Å². The molecule has 0 aromatic heterocycles. The molecule has 1 aromatic carbocycles. The molecule has 1 rings (SSSR count). The first-order chi connectivity index (χ1) is 7.95. The van der Waals surface area contributed by atoms with E-state index in [2.05, 4.69) is 5.32 Å². The fraction of sp³-hybridized carbons (Fsp3) is 0.455. The molecule has 0 saturated carbocycles. The van der Waals surface area contributed by atoms with E-state index in [1.165, 1.54) is 0 Å². The Bertz CT molecular complexity index is 424. The predicted molar refractivity (Wildman–Crippen MR) is 61.0 cm³/mol. The summed E-state index contributed by atoms with van der Waals surface area (Å²) in [7, 11) is 0. The van der Waals surface area contributed by atoms with Crippen LogP contribution in [0.3, 0.4) is 0 Å². The van der Waals surface area contributed by atoms with E-state index < -0.39 is 22.2 Å². The molecule has 0 fully saturated rings. The third-order valence-corrected chi connectivity index (χ3v) is 2.55. The van der Waals surface area contributed by atoms with Crippen molar-refractivity contribution >= 4 is 11.4 Å². The van der Waals surface area contributed by atoms with Crippen LogP contribution in [0.2, 0.25) is 0 Å². The van der Waals surface area contributed by atoms with E-state index in [-0.39, 0.29) is 11.6 Å². The summed E-state index contributed by atoms with van der Waals surface area (Å²) >= 11 is 0. The highest BCUT2D eigenvalue weighted by molar-refractivity contribution is 5.62. The van der Waals surface area contributed by atoms with Crippen LogP contribution in [0.5, 0.6) is 0 Å². The van der Waals surface area contributed by atoms with Gasteiger partial charge in [0.25, 0.3) is 0 Å².